The van der Waals surface area contributed by atoms with Crippen molar-refractivity contribution in [3.8, 4) is 0 Å². The van der Waals surface area contributed by atoms with Crippen LogP contribution in [0.15, 0.2) is 36.9 Å². The third kappa shape index (κ3) is 3.89. The summed E-state index contributed by atoms with van der Waals surface area (Å²) in [5.74, 6) is -1.01. The largest absolute Gasteiger partial charge is 0.477 e. The Hall–Kier alpha value is -2.21. The number of hydrogen-bond acceptors (Lipinski definition) is 4. The lowest BCUT2D eigenvalue weighted by molar-refractivity contribution is 0.0690. The van der Waals surface area contributed by atoms with Crippen LogP contribution in [0.3, 0.4) is 0 Å². The molecule has 0 radical (unpaired) electrons. The van der Waals surface area contributed by atoms with Crippen LogP contribution in [-0.4, -0.2) is 31.7 Å². The summed E-state index contributed by atoms with van der Waals surface area (Å²) in [6, 6.07) is 5.24. The van der Waals surface area contributed by atoms with Gasteiger partial charge in [-0.15, -0.1) is 0 Å². The van der Waals surface area contributed by atoms with Gasteiger partial charge in [0.1, 0.15) is 5.69 Å². The molecule has 100 valence electrons. The van der Waals surface area contributed by atoms with Crippen molar-refractivity contribution in [2.24, 2.45) is 0 Å². The molecule has 1 unspecified atom stereocenters. The molecule has 2 N–H and O–H groups in total. The van der Waals surface area contributed by atoms with Gasteiger partial charge < -0.3 is 15.0 Å². The number of pyridine rings is 1. The summed E-state index contributed by atoms with van der Waals surface area (Å²) in [7, 11) is 0. The number of rotatable bonds is 6. The van der Waals surface area contributed by atoms with Gasteiger partial charge in [0, 0.05) is 31.5 Å². The molecule has 19 heavy (non-hydrogen) atoms. The van der Waals surface area contributed by atoms with Crippen molar-refractivity contribution in [1.82, 2.24) is 19.9 Å². The van der Waals surface area contributed by atoms with Crippen molar-refractivity contribution in [1.29, 1.82) is 0 Å². The molecule has 2 aromatic heterocycles. The Morgan fingerprint density at radius 1 is 1.53 bits per heavy atom. The highest BCUT2D eigenvalue weighted by atomic mass is 16.4. The Morgan fingerprint density at radius 2 is 2.37 bits per heavy atom. The first-order chi connectivity index (χ1) is 9.15. The second-order valence-electron chi connectivity index (χ2n) is 4.36. The summed E-state index contributed by atoms with van der Waals surface area (Å²) < 4.78 is 1.98. The van der Waals surface area contributed by atoms with Gasteiger partial charge in [-0.25, -0.2) is 14.8 Å². The normalized spacial score (nSPS) is 12.3. The molecule has 0 aliphatic heterocycles. The highest BCUT2D eigenvalue weighted by Crippen LogP contribution is 2.00. The minimum atomic E-state index is -1.01. The van der Waals surface area contributed by atoms with Crippen LogP contribution >= 0.6 is 0 Å². The summed E-state index contributed by atoms with van der Waals surface area (Å²) in [5, 5.41) is 12.2. The summed E-state index contributed by atoms with van der Waals surface area (Å²) in [6.07, 6.45) is 5.41. The number of nitrogens with one attached hydrogen (secondary N) is 1. The molecule has 6 heteroatoms. The summed E-state index contributed by atoms with van der Waals surface area (Å²) >= 11 is 0. The zero-order valence-corrected chi connectivity index (χ0v) is 10.7. The van der Waals surface area contributed by atoms with Gasteiger partial charge in [-0.3, -0.25) is 0 Å². The van der Waals surface area contributed by atoms with Gasteiger partial charge >= 0.3 is 5.97 Å². The lowest BCUT2D eigenvalue weighted by atomic mass is 10.2. The third-order valence-electron chi connectivity index (χ3n) is 2.70. The minimum absolute atomic E-state index is 0.0709. The van der Waals surface area contributed by atoms with E-state index < -0.39 is 5.97 Å². The summed E-state index contributed by atoms with van der Waals surface area (Å²) in [5.41, 5.74) is 0.791. The molecule has 0 fully saturated rings. The van der Waals surface area contributed by atoms with Crippen LogP contribution < -0.4 is 5.32 Å². The Labute approximate surface area is 111 Å². The van der Waals surface area contributed by atoms with Gasteiger partial charge in [0.05, 0.1) is 12.0 Å². The fraction of sp³-hybridized carbons (Fsp3) is 0.308. The first kappa shape index (κ1) is 13.2. The fourth-order valence-corrected chi connectivity index (χ4v) is 1.75. The number of aromatic carboxylic acids is 1. The third-order valence-corrected chi connectivity index (χ3v) is 2.70. The van der Waals surface area contributed by atoms with E-state index in [0.717, 1.165) is 12.2 Å². The molecule has 0 spiro atoms. The monoisotopic (exact) mass is 260 g/mol. The van der Waals surface area contributed by atoms with Gasteiger partial charge in [-0.2, -0.15) is 0 Å². The van der Waals surface area contributed by atoms with Crippen LogP contribution in [0.4, 0.5) is 0 Å². The summed E-state index contributed by atoms with van der Waals surface area (Å²) in [4.78, 5) is 18.9. The topological polar surface area (TPSA) is 80.0 Å². The van der Waals surface area contributed by atoms with Crippen molar-refractivity contribution >= 4 is 5.97 Å². The van der Waals surface area contributed by atoms with Crippen LogP contribution in [0, 0.1) is 0 Å². The molecule has 0 aliphatic rings. The predicted octanol–water partition coefficient (Wildman–Crippen LogP) is 1.15. The molecule has 0 amide bonds. The quantitative estimate of drug-likeness (QED) is 0.814. The average Bonchev–Trinajstić information content (AvgIpc) is 2.89. The first-order valence-corrected chi connectivity index (χ1v) is 6.03. The molecule has 2 heterocycles. The van der Waals surface area contributed by atoms with Crippen molar-refractivity contribution in [3.05, 3.63) is 48.3 Å². The molecule has 0 aromatic carbocycles. The maximum absolute atomic E-state index is 10.8. The van der Waals surface area contributed by atoms with E-state index in [1.54, 1.807) is 18.6 Å². The van der Waals surface area contributed by atoms with Crippen molar-refractivity contribution in [3.63, 3.8) is 0 Å². The fourth-order valence-electron chi connectivity index (χ4n) is 1.75. The number of hydrogen-bond donors (Lipinski definition) is 2. The maximum atomic E-state index is 10.8. The van der Waals surface area contributed by atoms with E-state index in [4.69, 9.17) is 5.11 Å². The second-order valence-corrected chi connectivity index (χ2v) is 4.36. The van der Waals surface area contributed by atoms with E-state index in [-0.39, 0.29) is 11.7 Å². The highest BCUT2D eigenvalue weighted by Gasteiger charge is 2.06. The van der Waals surface area contributed by atoms with Crippen molar-refractivity contribution in [2.45, 2.75) is 26.1 Å². The standard InChI is InChI=1S/C13H16N4O2/c1-10(8-17-6-5-14-9-17)15-7-11-3-2-4-12(16-11)13(18)19/h2-6,9-10,15H,7-8H2,1H3,(H,18,19). The van der Waals surface area contributed by atoms with E-state index in [1.165, 1.54) is 6.07 Å². The first-order valence-electron chi connectivity index (χ1n) is 6.03. The average molecular weight is 260 g/mol. The van der Waals surface area contributed by atoms with E-state index in [2.05, 4.69) is 22.2 Å². The molecule has 0 bridgehead atoms. The van der Waals surface area contributed by atoms with Crippen LogP contribution in [0.5, 0.6) is 0 Å². The Balaban J connectivity index is 1.88. The van der Waals surface area contributed by atoms with E-state index >= 15 is 0 Å². The Bertz CT molecular complexity index is 539. The smallest absolute Gasteiger partial charge is 0.354 e. The van der Waals surface area contributed by atoms with E-state index in [9.17, 15) is 4.79 Å². The molecule has 6 nitrogen and oxygen atoms in total. The number of carboxylic acid groups (broad SMARTS) is 1. The second kappa shape index (κ2) is 6.10. The van der Waals surface area contributed by atoms with Crippen LogP contribution in [0.25, 0.3) is 0 Å². The van der Waals surface area contributed by atoms with E-state index in [1.807, 2.05) is 16.8 Å². The molecule has 2 aromatic rings. The van der Waals surface area contributed by atoms with Gasteiger partial charge in [-0.05, 0) is 19.1 Å². The van der Waals surface area contributed by atoms with Crippen LogP contribution in [-0.2, 0) is 13.1 Å². The molecular weight excluding hydrogens is 244 g/mol. The zero-order valence-electron chi connectivity index (χ0n) is 10.7. The minimum Gasteiger partial charge on any atom is -0.477 e. The lowest BCUT2D eigenvalue weighted by Gasteiger charge is -2.14. The molecule has 1 atom stereocenters. The number of nitrogens with zero attached hydrogens (tertiary/aromatic N) is 3. The van der Waals surface area contributed by atoms with Gasteiger partial charge in [0.15, 0.2) is 0 Å². The molecular formula is C13H16N4O2. The Kier molecular flexibility index (Phi) is 4.25. The number of carboxylic acids is 1. The predicted molar refractivity (Wildman–Crippen MR) is 69.7 cm³/mol. The molecule has 0 saturated heterocycles. The highest BCUT2D eigenvalue weighted by molar-refractivity contribution is 5.85. The molecule has 0 saturated carbocycles. The van der Waals surface area contributed by atoms with Crippen molar-refractivity contribution < 1.29 is 9.90 Å². The Morgan fingerprint density at radius 3 is 3.05 bits per heavy atom. The number of aromatic nitrogens is 3. The van der Waals surface area contributed by atoms with Gasteiger partial charge in [0.25, 0.3) is 0 Å². The van der Waals surface area contributed by atoms with Crippen LogP contribution in [0.2, 0.25) is 0 Å². The lowest BCUT2D eigenvalue weighted by Crippen LogP contribution is -2.30. The SMILES string of the molecule is CC(Cn1ccnc1)NCc1cccc(C(=O)O)n1. The summed E-state index contributed by atoms with van der Waals surface area (Å²) in [6.45, 7) is 3.40. The van der Waals surface area contributed by atoms with Crippen LogP contribution in [0.1, 0.15) is 23.1 Å². The zero-order chi connectivity index (χ0) is 13.7. The van der Waals surface area contributed by atoms with Gasteiger partial charge in [0.2, 0.25) is 0 Å². The molecule has 2 rings (SSSR count). The molecule has 0 aliphatic carbocycles. The number of carbonyl (C=O) groups is 1. The number of imidazole rings is 1. The van der Waals surface area contributed by atoms with Crippen molar-refractivity contribution in [2.75, 3.05) is 0 Å². The maximum Gasteiger partial charge on any atom is 0.354 e. The van der Waals surface area contributed by atoms with Gasteiger partial charge in [-0.1, -0.05) is 6.07 Å². The van der Waals surface area contributed by atoms with E-state index in [0.29, 0.717) is 6.54 Å².